The zero-order valence-electron chi connectivity index (χ0n) is 12.0. The number of halogens is 1. The summed E-state index contributed by atoms with van der Waals surface area (Å²) < 4.78 is 0. The van der Waals surface area contributed by atoms with Crippen LogP contribution in [0, 0.1) is 16.0 Å². The number of hydrogen-bond donors (Lipinski definition) is 2. The highest BCUT2D eigenvalue weighted by molar-refractivity contribution is 6.32. The number of carbonyl (C=O) groups excluding carboxylic acids is 1. The monoisotopic (exact) mass is 313 g/mol. The molecule has 0 spiro atoms. The third kappa shape index (κ3) is 5.69. The Morgan fingerprint density at radius 3 is 2.76 bits per heavy atom. The summed E-state index contributed by atoms with van der Waals surface area (Å²) in [6.07, 6.45) is 3.01. The van der Waals surface area contributed by atoms with Crippen LogP contribution in [0.2, 0.25) is 5.02 Å². The molecule has 1 rings (SSSR count). The number of nitrogens with two attached hydrogens (primary N) is 1. The Morgan fingerprint density at radius 2 is 2.19 bits per heavy atom. The van der Waals surface area contributed by atoms with E-state index in [1.54, 1.807) is 6.07 Å². The van der Waals surface area contributed by atoms with Gasteiger partial charge in [-0.1, -0.05) is 24.9 Å². The van der Waals surface area contributed by atoms with Crippen LogP contribution in [0.1, 0.15) is 32.6 Å². The van der Waals surface area contributed by atoms with Gasteiger partial charge in [0.15, 0.2) is 0 Å². The van der Waals surface area contributed by atoms with Crippen molar-refractivity contribution < 1.29 is 9.72 Å². The number of rotatable bonds is 8. The molecule has 0 heterocycles. The number of nitro benzene ring substituents is 1. The van der Waals surface area contributed by atoms with Gasteiger partial charge >= 0.3 is 0 Å². The van der Waals surface area contributed by atoms with E-state index in [2.05, 4.69) is 12.2 Å². The van der Waals surface area contributed by atoms with E-state index in [-0.39, 0.29) is 16.6 Å². The van der Waals surface area contributed by atoms with Gasteiger partial charge in [-0.2, -0.15) is 0 Å². The minimum absolute atomic E-state index is 0.0481. The Balaban J connectivity index is 2.59. The molecule has 0 aromatic heterocycles. The molecule has 0 fully saturated rings. The van der Waals surface area contributed by atoms with Crippen molar-refractivity contribution in [1.29, 1.82) is 0 Å². The zero-order chi connectivity index (χ0) is 15.8. The second-order valence-electron chi connectivity index (χ2n) is 4.86. The Hall–Kier alpha value is -1.66. The second kappa shape index (κ2) is 8.59. The van der Waals surface area contributed by atoms with Crippen molar-refractivity contribution in [3.63, 3.8) is 0 Å². The minimum Gasteiger partial charge on any atom is -0.330 e. The molecule has 1 aromatic carbocycles. The molecular formula is C14H20ClN3O3. The highest BCUT2D eigenvalue weighted by atomic mass is 35.5. The molecule has 7 heteroatoms. The van der Waals surface area contributed by atoms with Gasteiger partial charge in [-0.25, -0.2) is 0 Å². The molecule has 6 nitrogen and oxygen atoms in total. The van der Waals surface area contributed by atoms with Crippen LogP contribution in [0.4, 0.5) is 11.4 Å². The molecule has 1 unspecified atom stereocenters. The predicted molar refractivity (Wildman–Crippen MR) is 83.4 cm³/mol. The maximum absolute atomic E-state index is 11.9. The smallest absolute Gasteiger partial charge is 0.289 e. The summed E-state index contributed by atoms with van der Waals surface area (Å²) in [5.74, 6) is 0.266. The highest BCUT2D eigenvalue weighted by Gasteiger charge is 2.14. The van der Waals surface area contributed by atoms with Crippen LogP contribution in [0.3, 0.4) is 0 Å². The van der Waals surface area contributed by atoms with Crippen molar-refractivity contribution in [3.05, 3.63) is 33.3 Å². The molecule has 0 saturated heterocycles. The molecular weight excluding hydrogens is 294 g/mol. The number of hydrogen-bond acceptors (Lipinski definition) is 4. The van der Waals surface area contributed by atoms with E-state index in [1.165, 1.54) is 12.1 Å². The average Bonchev–Trinajstić information content (AvgIpc) is 2.45. The highest BCUT2D eigenvalue weighted by Crippen LogP contribution is 2.27. The quantitative estimate of drug-likeness (QED) is 0.568. The third-order valence-corrected chi connectivity index (χ3v) is 3.68. The number of nitrogens with zero attached hydrogens (tertiary/aromatic N) is 1. The third-order valence-electron chi connectivity index (χ3n) is 3.36. The molecule has 0 radical (unpaired) electrons. The van der Waals surface area contributed by atoms with Gasteiger partial charge < -0.3 is 11.1 Å². The lowest BCUT2D eigenvalue weighted by Crippen LogP contribution is -2.15. The standard InChI is InChI=1S/C14H20ClN3O3/c1-2-10(7-8-16)3-6-14(19)17-11-4-5-12(15)13(9-11)18(20)21/h4-5,9-10H,2-3,6-8,16H2,1H3,(H,17,19). The lowest BCUT2D eigenvalue weighted by molar-refractivity contribution is -0.384. The Labute approximate surface area is 128 Å². The van der Waals surface area contributed by atoms with Crippen LogP contribution in [0.25, 0.3) is 0 Å². The van der Waals surface area contributed by atoms with Gasteiger partial charge in [0, 0.05) is 18.2 Å². The number of amides is 1. The van der Waals surface area contributed by atoms with Crippen LogP contribution in [-0.4, -0.2) is 17.4 Å². The van der Waals surface area contributed by atoms with Gasteiger partial charge in [0.2, 0.25) is 5.91 Å². The SMILES string of the molecule is CCC(CCN)CCC(=O)Nc1ccc(Cl)c([N+](=O)[O-])c1. The van der Waals surface area contributed by atoms with Crippen molar-refractivity contribution in [2.24, 2.45) is 11.7 Å². The summed E-state index contributed by atoms with van der Waals surface area (Å²) >= 11 is 5.72. The Bertz CT molecular complexity index is 508. The normalized spacial score (nSPS) is 12.0. The first kappa shape index (κ1) is 17.4. The number of nitro groups is 1. The number of nitrogens with one attached hydrogen (secondary N) is 1. The summed E-state index contributed by atoms with van der Waals surface area (Å²) in [6.45, 7) is 2.68. The topological polar surface area (TPSA) is 98.3 Å². The van der Waals surface area contributed by atoms with Crippen LogP contribution in [0.15, 0.2) is 18.2 Å². The molecule has 0 aliphatic carbocycles. The van der Waals surface area contributed by atoms with E-state index in [4.69, 9.17) is 17.3 Å². The molecule has 0 bridgehead atoms. The predicted octanol–water partition coefficient (Wildman–Crippen LogP) is 3.34. The first-order valence-corrected chi connectivity index (χ1v) is 7.29. The van der Waals surface area contributed by atoms with E-state index in [0.717, 1.165) is 19.3 Å². The summed E-state index contributed by atoms with van der Waals surface area (Å²) in [4.78, 5) is 22.1. The van der Waals surface area contributed by atoms with Crippen LogP contribution in [0.5, 0.6) is 0 Å². The average molecular weight is 314 g/mol. The fraction of sp³-hybridized carbons (Fsp3) is 0.500. The van der Waals surface area contributed by atoms with E-state index < -0.39 is 4.92 Å². The van der Waals surface area contributed by atoms with Crippen LogP contribution >= 0.6 is 11.6 Å². The molecule has 0 aliphatic heterocycles. The first-order chi connectivity index (χ1) is 9.97. The van der Waals surface area contributed by atoms with Gasteiger partial charge in [-0.05, 0) is 37.4 Å². The first-order valence-electron chi connectivity index (χ1n) is 6.91. The van der Waals surface area contributed by atoms with Crippen LogP contribution < -0.4 is 11.1 Å². The Kier molecular flexibility index (Phi) is 7.11. The van der Waals surface area contributed by atoms with Crippen molar-refractivity contribution in [2.45, 2.75) is 32.6 Å². The lowest BCUT2D eigenvalue weighted by Gasteiger charge is -2.13. The zero-order valence-corrected chi connectivity index (χ0v) is 12.7. The summed E-state index contributed by atoms with van der Waals surface area (Å²) in [5.41, 5.74) is 5.68. The maximum atomic E-state index is 11.9. The van der Waals surface area contributed by atoms with Crippen LogP contribution in [-0.2, 0) is 4.79 Å². The molecule has 1 atom stereocenters. The molecule has 1 aromatic rings. The number of carbonyl (C=O) groups is 1. The fourth-order valence-electron chi connectivity index (χ4n) is 2.08. The summed E-state index contributed by atoms with van der Waals surface area (Å²) in [7, 11) is 0. The lowest BCUT2D eigenvalue weighted by atomic mass is 9.96. The second-order valence-corrected chi connectivity index (χ2v) is 5.27. The number of benzene rings is 1. The van der Waals surface area contributed by atoms with E-state index >= 15 is 0 Å². The van der Waals surface area contributed by atoms with Crippen molar-refractivity contribution in [2.75, 3.05) is 11.9 Å². The molecule has 1 amide bonds. The molecule has 3 N–H and O–H groups in total. The summed E-state index contributed by atoms with van der Waals surface area (Å²) in [6, 6.07) is 4.21. The van der Waals surface area contributed by atoms with E-state index in [0.29, 0.717) is 24.6 Å². The summed E-state index contributed by atoms with van der Waals surface area (Å²) in [5, 5.41) is 13.5. The van der Waals surface area contributed by atoms with E-state index in [1.807, 2.05) is 0 Å². The molecule has 0 saturated carbocycles. The van der Waals surface area contributed by atoms with Crippen molar-refractivity contribution in [1.82, 2.24) is 0 Å². The van der Waals surface area contributed by atoms with Crippen molar-refractivity contribution in [3.8, 4) is 0 Å². The van der Waals surface area contributed by atoms with Gasteiger partial charge in [0.05, 0.1) is 4.92 Å². The Morgan fingerprint density at radius 1 is 1.48 bits per heavy atom. The van der Waals surface area contributed by atoms with Gasteiger partial charge in [0.25, 0.3) is 5.69 Å². The fourth-order valence-corrected chi connectivity index (χ4v) is 2.26. The maximum Gasteiger partial charge on any atom is 0.289 e. The largest absolute Gasteiger partial charge is 0.330 e. The number of anilines is 1. The van der Waals surface area contributed by atoms with E-state index in [9.17, 15) is 14.9 Å². The van der Waals surface area contributed by atoms with Gasteiger partial charge in [-0.3, -0.25) is 14.9 Å². The molecule has 0 aliphatic rings. The molecule has 116 valence electrons. The van der Waals surface area contributed by atoms with Gasteiger partial charge in [0.1, 0.15) is 5.02 Å². The van der Waals surface area contributed by atoms with Crippen molar-refractivity contribution >= 4 is 28.9 Å². The van der Waals surface area contributed by atoms with Gasteiger partial charge in [-0.15, -0.1) is 0 Å². The molecule has 21 heavy (non-hydrogen) atoms. The minimum atomic E-state index is -0.577.